The minimum absolute atomic E-state index is 0.521. The molecule has 2 aromatic rings. The average molecular weight is 220 g/mol. The van der Waals surface area contributed by atoms with Gasteiger partial charge in [-0.15, -0.1) is 21.5 Å². The molecule has 0 spiro atoms. The van der Waals surface area contributed by atoms with Crippen molar-refractivity contribution in [3.63, 3.8) is 0 Å². The summed E-state index contributed by atoms with van der Waals surface area (Å²) in [5, 5.41) is 8.21. The van der Waals surface area contributed by atoms with Crippen molar-refractivity contribution in [1.82, 2.24) is 10.2 Å². The summed E-state index contributed by atoms with van der Waals surface area (Å²) >= 11 is 1.70. The van der Waals surface area contributed by atoms with Crippen LogP contribution in [-0.4, -0.2) is 10.2 Å². The molecular weight excluding hydrogens is 208 g/mol. The van der Waals surface area contributed by atoms with Crippen molar-refractivity contribution in [1.29, 1.82) is 0 Å². The van der Waals surface area contributed by atoms with E-state index in [0.29, 0.717) is 11.8 Å². The van der Waals surface area contributed by atoms with E-state index in [1.54, 1.807) is 11.3 Å². The lowest BCUT2D eigenvalue weighted by Crippen LogP contribution is -2.08. The molecule has 0 bridgehead atoms. The molecule has 2 heterocycles. The second-order valence-electron chi connectivity index (χ2n) is 3.98. The Morgan fingerprint density at radius 2 is 2.20 bits per heavy atom. The predicted molar refractivity (Wildman–Crippen MR) is 58.9 cm³/mol. The maximum Gasteiger partial charge on any atom is 0.257 e. The number of hydrogen-bond donors (Lipinski definition) is 0. The van der Waals surface area contributed by atoms with Crippen LogP contribution >= 0.6 is 11.3 Å². The van der Waals surface area contributed by atoms with Crippen molar-refractivity contribution in [2.75, 3.05) is 0 Å². The molecule has 0 atom stereocenters. The molecule has 4 heteroatoms. The zero-order valence-corrected chi connectivity index (χ0v) is 9.38. The van der Waals surface area contributed by atoms with E-state index in [0.717, 1.165) is 10.8 Å². The van der Waals surface area contributed by atoms with Crippen molar-refractivity contribution >= 4 is 11.3 Å². The lowest BCUT2D eigenvalue weighted by atomic mass is 9.85. The van der Waals surface area contributed by atoms with Gasteiger partial charge >= 0.3 is 0 Å². The molecule has 78 valence electrons. The molecule has 3 nitrogen and oxygen atoms in total. The zero-order chi connectivity index (χ0) is 10.3. The molecule has 0 aromatic carbocycles. The van der Waals surface area contributed by atoms with Crippen molar-refractivity contribution in [3.05, 3.63) is 22.9 Å². The third-order valence-corrected chi connectivity index (χ3v) is 3.83. The van der Waals surface area contributed by atoms with Crippen LogP contribution in [0.5, 0.6) is 0 Å². The summed E-state index contributed by atoms with van der Waals surface area (Å²) in [6, 6.07) is 4.12. The summed E-state index contributed by atoms with van der Waals surface area (Å²) in [4.78, 5) is 2.35. The van der Waals surface area contributed by atoms with Gasteiger partial charge in [-0.1, -0.05) is 6.42 Å². The molecule has 0 amide bonds. The van der Waals surface area contributed by atoms with Gasteiger partial charge in [-0.05, 0) is 31.9 Å². The van der Waals surface area contributed by atoms with Gasteiger partial charge in [0, 0.05) is 10.8 Å². The smallest absolute Gasteiger partial charge is 0.257 e. The lowest BCUT2D eigenvalue weighted by Gasteiger charge is -2.20. The van der Waals surface area contributed by atoms with Crippen molar-refractivity contribution < 1.29 is 4.42 Å². The third-order valence-electron chi connectivity index (χ3n) is 2.85. The molecule has 0 N–H and O–H groups in total. The highest BCUT2D eigenvalue weighted by Crippen LogP contribution is 2.37. The molecule has 1 aliphatic rings. The van der Waals surface area contributed by atoms with E-state index in [4.69, 9.17) is 4.42 Å². The van der Waals surface area contributed by atoms with Gasteiger partial charge in [-0.2, -0.15) is 0 Å². The zero-order valence-electron chi connectivity index (χ0n) is 8.56. The topological polar surface area (TPSA) is 38.9 Å². The molecule has 0 unspecified atom stereocenters. The van der Waals surface area contributed by atoms with Crippen LogP contribution in [0.15, 0.2) is 16.5 Å². The van der Waals surface area contributed by atoms with E-state index in [2.05, 4.69) is 23.2 Å². The molecule has 1 aliphatic carbocycles. The highest BCUT2D eigenvalue weighted by Gasteiger charge is 2.25. The maximum atomic E-state index is 5.68. The second kappa shape index (κ2) is 3.45. The van der Waals surface area contributed by atoms with Crippen LogP contribution in [-0.2, 0) is 0 Å². The van der Waals surface area contributed by atoms with Crippen LogP contribution in [0.1, 0.15) is 35.9 Å². The first kappa shape index (κ1) is 9.09. The van der Waals surface area contributed by atoms with Crippen LogP contribution in [0.3, 0.4) is 0 Å². The molecule has 1 saturated carbocycles. The van der Waals surface area contributed by atoms with Crippen LogP contribution in [0.2, 0.25) is 0 Å². The van der Waals surface area contributed by atoms with Gasteiger partial charge in [-0.3, -0.25) is 0 Å². The van der Waals surface area contributed by atoms with Gasteiger partial charge in [0.15, 0.2) is 0 Å². The maximum absolute atomic E-state index is 5.68. The first-order chi connectivity index (χ1) is 7.33. The van der Waals surface area contributed by atoms with Gasteiger partial charge < -0.3 is 4.42 Å². The monoisotopic (exact) mass is 220 g/mol. The number of aromatic nitrogens is 2. The molecule has 0 radical (unpaired) electrons. The minimum atomic E-state index is 0.521. The van der Waals surface area contributed by atoms with E-state index in [9.17, 15) is 0 Å². The molecule has 0 aliphatic heterocycles. The number of hydrogen-bond acceptors (Lipinski definition) is 4. The summed E-state index contributed by atoms with van der Waals surface area (Å²) in [6.45, 7) is 2.08. The van der Waals surface area contributed by atoms with Crippen LogP contribution in [0.4, 0.5) is 0 Å². The van der Waals surface area contributed by atoms with E-state index in [1.165, 1.54) is 24.1 Å². The van der Waals surface area contributed by atoms with Gasteiger partial charge in [0.1, 0.15) is 0 Å². The first-order valence-corrected chi connectivity index (χ1v) is 6.05. The van der Waals surface area contributed by atoms with Gasteiger partial charge in [0.05, 0.1) is 4.88 Å². The Kier molecular flexibility index (Phi) is 2.09. The standard InChI is InChI=1S/C11H12N2OS/c1-7-5-6-9(15-7)11-13-12-10(14-11)8-3-2-4-8/h5-6,8H,2-4H2,1H3. The number of nitrogens with zero attached hydrogens (tertiary/aromatic N) is 2. The van der Waals surface area contributed by atoms with E-state index in [1.807, 2.05) is 6.07 Å². The summed E-state index contributed by atoms with van der Waals surface area (Å²) in [6.07, 6.45) is 3.69. The normalized spacial score (nSPS) is 16.6. The lowest BCUT2D eigenvalue weighted by molar-refractivity contribution is 0.338. The Hall–Kier alpha value is -1.16. The Morgan fingerprint density at radius 3 is 2.80 bits per heavy atom. The Balaban J connectivity index is 1.89. The Bertz CT molecular complexity index is 470. The van der Waals surface area contributed by atoms with Crippen molar-refractivity contribution in [3.8, 4) is 10.8 Å². The molecular formula is C11H12N2OS. The Morgan fingerprint density at radius 1 is 1.33 bits per heavy atom. The summed E-state index contributed by atoms with van der Waals surface area (Å²) in [5.74, 6) is 2.02. The molecule has 2 aromatic heterocycles. The van der Waals surface area contributed by atoms with Gasteiger partial charge in [-0.25, -0.2) is 0 Å². The molecule has 3 rings (SSSR count). The number of rotatable bonds is 2. The minimum Gasteiger partial charge on any atom is -0.420 e. The fourth-order valence-corrected chi connectivity index (χ4v) is 2.49. The second-order valence-corrected chi connectivity index (χ2v) is 5.27. The highest BCUT2D eigenvalue weighted by molar-refractivity contribution is 7.15. The fourth-order valence-electron chi connectivity index (χ4n) is 1.70. The van der Waals surface area contributed by atoms with Crippen LogP contribution in [0.25, 0.3) is 10.8 Å². The Labute approximate surface area is 92.1 Å². The summed E-state index contributed by atoms with van der Waals surface area (Å²) in [5.41, 5.74) is 0. The van der Waals surface area contributed by atoms with Crippen LogP contribution in [0, 0.1) is 6.92 Å². The largest absolute Gasteiger partial charge is 0.420 e. The number of thiophene rings is 1. The van der Waals surface area contributed by atoms with E-state index >= 15 is 0 Å². The first-order valence-electron chi connectivity index (χ1n) is 5.23. The van der Waals surface area contributed by atoms with E-state index < -0.39 is 0 Å². The third kappa shape index (κ3) is 1.59. The molecule has 1 fully saturated rings. The summed E-state index contributed by atoms with van der Waals surface area (Å²) < 4.78 is 5.68. The molecule has 0 saturated heterocycles. The van der Waals surface area contributed by atoms with Crippen LogP contribution < -0.4 is 0 Å². The quantitative estimate of drug-likeness (QED) is 0.778. The van der Waals surface area contributed by atoms with E-state index in [-0.39, 0.29) is 0 Å². The number of aryl methyl sites for hydroxylation is 1. The average Bonchev–Trinajstić information content (AvgIpc) is 2.70. The van der Waals surface area contributed by atoms with Crippen molar-refractivity contribution in [2.24, 2.45) is 0 Å². The predicted octanol–water partition coefficient (Wildman–Crippen LogP) is 3.37. The molecule has 15 heavy (non-hydrogen) atoms. The van der Waals surface area contributed by atoms with Crippen molar-refractivity contribution in [2.45, 2.75) is 32.1 Å². The van der Waals surface area contributed by atoms with Gasteiger partial charge in [0.25, 0.3) is 5.89 Å². The highest BCUT2D eigenvalue weighted by atomic mass is 32.1. The SMILES string of the molecule is Cc1ccc(-c2nnc(C3CCC3)o2)s1. The summed E-state index contributed by atoms with van der Waals surface area (Å²) in [7, 11) is 0. The fraction of sp³-hybridized carbons (Fsp3) is 0.455. The van der Waals surface area contributed by atoms with Gasteiger partial charge in [0.2, 0.25) is 5.89 Å².